The monoisotopic (exact) mass is 237 g/mol. The second-order valence-electron chi connectivity index (χ2n) is 3.66. The fraction of sp³-hybridized carbons (Fsp3) is 0.875. The smallest absolute Gasteiger partial charge is 0.302 e. The predicted molar refractivity (Wildman–Crippen MR) is 48.7 cm³/mol. The van der Waals surface area contributed by atoms with Gasteiger partial charge in [0.15, 0.2) is 0 Å². The number of aliphatic hydroxyl groups excluding tert-OH is 3. The van der Waals surface area contributed by atoms with Gasteiger partial charge >= 0.3 is 5.97 Å². The summed E-state index contributed by atoms with van der Waals surface area (Å²) in [5.74, 6) is -3.48. The molecule has 16 heavy (non-hydrogen) atoms. The van der Waals surface area contributed by atoms with Crippen LogP contribution in [0.25, 0.3) is 0 Å². The van der Waals surface area contributed by atoms with Gasteiger partial charge in [0.1, 0.15) is 24.4 Å². The van der Waals surface area contributed by atoms with Crippen LogP contribution < -0.4 is 5.32 Å². The highest BCUT2D eigenvalue weighted by Gasteiger charge is 2.53. The summed E-state index contributed by atoms with van der Waals surface area (Å²) >= 11 is 0. The van der Waals surface area contributed by atoms with Gasteiger partial charge in [0.25, 0.3) is 0 Å². The summed E-state index contributed by atoms with van der Waals surface area (Å²) in [7, 11) is 0. The van der Waals surface area contributed by atoms with Crippen LogP contribution in [-0.2, 0) is 9.53 Å². The Morgan fingerprint density at radius 1 is 1.38 bits per heavy atom. The van der Waals surface area contributed by atoms with Crippen LogP contribution in [0.3, 0.4) is 0 Å². The largest absolute Gasteiger partial charge is 0.394 e. The average molecular weight is 237 g/mol. The highest BCUT2D eigenvalue weighted by Crippen LogP contribution is 2.25. The van der Waals surface area contributed by atoms with Crippen LogP contribution in [0.5, 0.6) is 0 Å². The fourth-order valence-electron chi connectivity index (χ4n) is 1.55. The first-order valence-electron chi connectivity index (χ1n) is 4.66. The third-order valence-electron chi connectivity index (χ3n) is 2.34. The molecule has 1 aliphatic rings. The van der Waals surface area contributed by atoms with Crippen molar-refractivity contribution in [3.63, 3.8) is 0 Å². The highest BCUT2D eigenvalue weighted by atomic mass is 16.8. The first kappa shape index (κ1) is 13.3. The van der Waals surface area contributed by atoms with E-state index in [0.717, 1.165) is 6.92 Å². The number of carbonyl (C=O) groups excluding carboxylic acids is 1. The molecule has 1 aliphatic heterocycles. The van der Waals surface area contributed by atoms with Gasteiger partial charge in [0.2, 0.25) is 5.91 Å². The summed E-state index contributed by atoms with van der Waals surface area (Å²) < 4.78 is 4.56. The van der Waals surface area contributed by atoms with E-state index in [-0.39, 0.29) is 0 Å². The number of nitrogens with one attached hydrogen (secondary N) is 1. The van der Waals surface area contributed by atoms with Crippen molar-refractivity contribution < 1.29 is 35.1 Å². The number of aliphatic hydroxyl groups is 5. The van der Waals surface area contributed by atoms with Gasteiger partial charge in [-0.3, -0.25) is 4.79 Å². The van der Waals surface area contributed by atoms with Crippen LogP contribution in [-0.4, -0.2) is 68.4 Å². The molecule has 0 aliphatic carbocycles. The fourth-order valence-corrected chi connectivity index (χ4v) is 1.55. The first-order valence-corrected chi connectivity index (χ1v) is 4.66. The average Bonchev–Trinajstić information content (AvgIpc) is 2.18. The lowest BCUT2D eigenvalue weighted by molar-refractivity contribution is -0.410. The van der Waals surface area contributed by atoms with E-state index in [4.69, 9.17) is 5.11 Å². The molecule has 8 nitrogen and oxygen atoms in total. The first-order chi connectivity index (χ1) is 7.29. The minimum atomic E-state index is -2.85. The van der Waals surface area contributed by atoms with Crippen LogP contribution in [0, 0.1) is 0 Å². The number of carbonyl (C=O) groups is 1. The van der Waals surface area contributed by atoms with Crippen molar-refractivity contribution in [3.05, 3.63) is 0 Å². The number of hydrogen-bond acceptors (Lipinski definition) is 7. The van der Waals surface area contributed by atoms with Crippen LogP contribution in [0.4, 0.5) is 0 Å². The van der Waals surface area contributed by atoms with Gasteiger partial charge in [-0.05, 0) is 0 Å². The lowest BCUT2D eigenvalue weighted by Gasteiger charge is -2.44. The lowest BCUT2D eigenvalue weighted by atomic mass is 9.95. The zero-order valence-electron chi connectivity index (χ0n) is 8.57. The van der Waals surface area contributed by atoms with Gasteiger partial charge in [0, 0.05) is 6.92 Å². The molecule has 6 N–H and O–H groups in total. The summed E-state index contributed by atoms with van der Waals surface area (Å²) in [5, 5.41) is 48.6. The van der Waals surface area contributed by atoms with Gasteiger partial charge in [-0.25, -0.2) is 0 Å². The van der Waals surface area contributed by atoms with Crippen molar-refractivity contribution in [3.8, 4) is 0 Å². The predicted octanol–water partition coefficient (Wildman–Crippen LogP) is -3.76. The Labute approximate surface area is 91.1 Å². The van der Waals surface area contributed by atoms with Crippen molar-refractivity contribution in [1.29, 1.82) is 0 Å². The number of rotatable bonds is 2. The molecule has 0 radical (unpaired) electrons. The molecule has 8 heteroatoms. The Morgan fingerprint density at radius 2 is 1.94 bits per heavy atom. The van der Waals surface area contributed by atoms with E-state index in [0.29, 0.717) is 0 Å². The van der Waals surface area contributed by atoms with Crippen LogP contribution in [0.1, 0.15) is 6.92 Å². The quantitative estimate of drug-likeness (QED) is 0.271. The van der Waals surface area contributed by atoms with E-state index in [1.54, 1.807) is 0 Å². The molecule has 1 saturated heterocycles. The normalized spacial score (nSPS) is 38.1. The Kier molecular flexibility index (Phi) is 3.84. The molecular formula is C8H15NO7. The van der Waals surface area contributed by atoms with Crippen molar-refractivity contribution in [2.24, 2.45) is 0 Å². The number of hydrogen-bond donors (Lipinski definition) is 6. The van der Waals surface area contributed by atoms with Crippen molar-refractivity contribution in [1.82, 2.24) is 5.32 Å². The molecule has 1 heterocycles. The van der Waals surface area contributed by atoms with Gasteiger partial charge in [-0.15, -0.1) is 0 Å². The lowest BCUT2D eigenvalue weighted by Crippen LogP contribution is -2.70. The molecule has 0 spiro atoms. The Hall–Kier alpha value is -0.770. The molecule has 0 aromatic rings. The van der Waals surface area contributed by atoms with Gasteiger partial charge in [0.05, 0.1) is 6.61 Å². The van der Waals surface area contributed by atoms with E-state index < -0.39 is 42.8 Å². The maximum atomic E-state index is 10.8. The molecule has 0 unspecified atom stereocenters. The molecule has 1 amide bonds. The number of ether oxygens (including phenoxy) is 1. The van der Waals surface area contributed by atoms with E-state index in [1.165, 1.54) is 0 Å². The minimum Gasteiger partial charge on any atom is -0.394 e. The summed E-state index contributed by atoms with van der Waals surface area (Å²) in [5.41, 5.74) is 0. The van der Waals surface area contributed by atoms with E-state index in [9.17, 15) is 25.2 Å². The third-order valence-corrected chi connectivity index (χ3v) is 2.34. The van der Waals surface area contributed by atoms with Gasteiger partial charge in [-0.1, -0.05) is 0 Å². The topological polar surface area (TPSA) is 139 Å². The second kappa shape index (κ2) is 4.62. The Morgan fingerprint density at radius 3 is 2.38 bits per heavy atom. The molecule has 4 atom stereocenters. The summed E-state index contributed by atoms with van der Waals surface area (Å²) in [6.45, 7) is 0.404. The van der Waals surface area contributed by atoms with Crippen LogP contribution >= 0.6 is 0 Å². The zero-order valence-corrected chi connectivity index (χ0v) is 8.57. The van der Waals surface area contributed by atoms with Crippen molar-refractivity contribution in [2.45, 2.75) is 37.3 Å². The molecule has 1 rings (SSSR count). The molecule has 0 bridgehead atoms. The molecule has 0 aromatic carbocycles. The molecular weight excluding hydrogens is 222 g/mol. The van der Waals surface area contributed by atoms with Crippen molar-refractivity contribution >= 4 is 5.91 Å². The third kappa shape index (κ3) is 2.48. The minimum absolute atomic E-state index is 0.630. The molecule has 94 valence electrons. The summed E-state index contributed by atoms with van der Waals surface area (Å²) in [6, 6.07) is -1.59. The summed E-state index contributed by atoms with van der Waals surface area (Å²) in [4.78, 5) is 10.8. The van der Waals surface area contributed by atoms with Gasteiger partial charge < -0.3 is 35.6 Å². The maximum Gasteiger partial charge on any atom is 0.302 e. The highest BCUT2D eigenvalue weighted by molar-refractivity contribution is 5.73. The van der Waals surface area contributed by atoms with Crippen LogP contribution in [0.15, 0.2) is 0 Å². The van der Waals surface area contributed by atoms with E-state index in [2.05, 4.69) is 4.74 Å². The Bertz CT molecular complexity index is 269. The summed E-state index contributed by atoms with van der Waals surface area (Å²) in [6.07, 6.45) is -4.53. The molecule has 0 aromatic heterocycles. The zero-order chi connectivity index (χ0) is 12.5. The van der Waals surface area contributed by atoms with E-state index in [1.807, 2.05) is 5.32 Å². The molecule has 0 saturated carbocycles. The molecule has 1 fully saturated rings. The van der Waals surface area contributed by atoms with Gasteiger partial charge in [-0.2, -0.15) is 0 Å². The van der Waals surface area contributed by atoms with Crippen LogP contribution in [0.2, 0.25) is 0 Å². The standard InChI is InChI=1S/C8H15NO7/c1-3(11)9-7-6(13)5(12)4(2-10)16-8(7,14)15/h4-7,10,12-15H,2H2,1H3,(H,9,11)/t4-,5-,6+,7-/m1/s1. The number of amides is 1. The Balaban J connectivity index is 2.87. The second-order valence-corrected chi connectivity index (χ2v) is 3.66. The van der Waals surface area contributed by atoms with E-state index >= 15 is 0 Å². The maximum absolute atomic E-state index is 10.8. The SMILES string of the molecule is CC(=O)N[C@@H]1[C@@H](O)[C@H](O)[C@@H](CO)OC1(O)O. The van der Waals surface area contributed by atoms with Crippen molar-refractivity contribution in [2.75, 3.05) is 6.61 Å².